The summed E-state index contributed by atoms with van der Waals surface area (Å²) in [4.78, 5) is 8.62. The lowest BCUT2D eigenvalue weighted by Crippen LogP contribution is -1.93. The number of pyridine rings is 2. The van der Waals surface area contributed by atoms with Crippen LogP contribution in [0.2, 0.25) is 0 Å². The van der Waals surface area contributed by atoms with Gasteiger partial charge in [0.25, 0.3) is 0 Å². The molecule has 0 aliphatic heterocycles. The highest BCUT2D eigenvalue weighted by molar-refractivity contribution is 5.72. The number of nitrogens with two attached hydrogens (primary N) is 1. The predicted molar refractivity (Wildman–Crippen MR) is 62.8 cm³/mol. The van der Waals surface area contributed by atoms with Crippen LogP contribution in [0.15, 0.2) is 48.9 Å². The Labute approximate surface area is 92.4 Å². The molecule has 0 bridgehead atoms. The van der Waals surface area contributed by atoms with E-state index in [9.17, 15) is 0 Å². The number of anilines is 1. The molecule has 0 amide bonds. The van der Waals surface area contributed by atoms with Crippen LogP contribution in [0.3, 0.4) is 0 Å². The van der Waals surface area contributed by atoms with E-state index in [-0.39, 0.29) is 0 Å². The van der Waals surface area contributed by atoms with Crippen LogP contribution in [0, 0.1) is 0 Å². The molecule has 4 heteroatoms. The quantitative estimate of drug-likeness (QED) is 0.668. The lowest BCUT2D eigenvalue weighted by atomic mass is 10.3. The molecule has 16 heavy (non-hydrogen) atoms. The fraction of sp³-hybridized carbons (Fsp3) is 0. The molecule has 0 aliphatic carbocycles. The first-order chi connectivity index (χ1) is 7.86. The minimum Gasteiger partial charge on any atom is -0.397 e. The third-order valence-electron chi connectivity index (χ3n) is 2.50. The Hall–Kier alpha value is -2.36. The third-order valence-corrected chi connectivity index (χ3v) is 2.50. The number of fused-ring (bicyclic) bond motifs is 1. The van der Waals surface area contributed by atoms with Crippen LogP contribution in [0.1, 0.15) is 0 Å². The molecular formula is C12H10N4. The Morgan fingerprint density at radius 1 is 1.06 bits per heavy atom. The number of imidazole rings is 1. The van der Waals surface area contributed by atoms with Crippen molar-refractivity contribution in [1.29, 1.82) is 0 Å². The summed E-state index contributed by atoms with van der Waals surface area (Å²) in [6.45, 7) is 0. The van der Waals surface area contributed by atoms with Crippen LogP contribution in [0.5, 0.6) is 0 Å². The number of aromatic nitrogens is 3. The van der Waals surface area contributed by atoms with E-state index in [1.165, 1.54) is 0 Å². The van der Waals surface area contributed by atoms with Crippen molar-refractivity contribution in [3.05, 3.63) is 48.9 Å². The number of nitrogen functional groups attached to an aromatic ring is 1. The van der Waals surface area contributed by atoms with Gasteiger partial charge in [0, 0.05) is 12.4 Å². The summed E-state index contributed by atoms with van der Waals surface area (Å²) in [5.74, 6) is 0.808. The summed E-state index contributed by atoms with van der Waals surface area (Å²) in [5.41, 5.74) is 8.33. The third kappa shape index (κ3) is 1.24. The Balaban J connectivity index is 2.30. The topological polar surface area (TPSA) is 56.2 Å². The largest absolute Gasteiger partial charge is 0.397 e. The van der Waals surface area contributed by atoms with Gasteiger partial charge in [0.05, 0.1) is 17.4 Å². The molecule has 0 spiro atoms. The van der Waals surface area contributed by atoms with E-state index in [0.29, 0.717) is 0 Å². The van der Waals surface area contributed by atoms with Gasteiger partial charge in [-0.05, 0) is 24.3 Å². The second kappa shape index (κ2) is 3.34. The van der Waals surface area contributed by atoms with Crippen molar-refractivity contribution < 1.29 is 0 Å². The van der Waals surface area contributed by atoms with Crippen molar-refractivity contribution in [1.82, 2.24) is 14.4 Å². The zero-order valence-corrected chi connectivity index (χ0v) is 8.54. The van der Waals surface area contributed by atoms with E-state index in [0.717, 1.165) is 22.7 Å². The van der Waals surface area contributed by atoms with Crippen LogP contribution in [-0.2, 0) is 0 Å². The lowest BCUT2D eigenvalue weighted by Gasteiger charge is -2.01. The van der Waals surface area contributed by atoms with E-state index >= 15 is 0 Å². The van der Waals surface area contributed by atoms with E-state index in [1.54, 1.807) is 12.4 Å². The van der Waals surface area contributed by atoms with Crippen molar-refractivity contribution in [2.75, 3.05) is 5.73 Å². The Bertz CT molecular complexity index is 628. The summed E-state index contributed by atoms with van der Waals surface area (Å²) < 4.78 is 1.94. The molecule has 3 heterocycles. The zero-order valence-electron chi connectivity index (χ0n) is 8.54. The Morgan fingerprint density at radius 3 is 2.81 bits per heavy atom. The van der Waals surface area contributed by atoms with Gasteiger partial charge in [0.1, 0.15) is 5.69 Å². The van der Waals surface area contributed by atoms with Gasteiger partial charge in [-0.1, -0.05) is 6.07 Å². The molecule has 0 fully saturated rings. The van der Waals surface area contributed by atoms with Crippen LogP contribution in [-0.4, -0.2) is 14.4 Å². The van der Waals surface area contributed by atoms with Crippen molar-refractivity contribution in [2.24, 2.45) is 0 Å². The monoisotopic (exact) mass is 210 g/mol. The van der Waals surface area contributed by atoms with E-state index in [2.05, 4.69) is 9.97 Å². The van der Waals surface area contributed by atoms with Crippen molar-refractivity contribution in [2.45, 2.75) is 0 Å². The van der Waals surface area contributed by atoms with Gasteiger partial charge in [-0.3, -0.25) is 9.38 Å². The van der Waals surface area contributed by atoms with Crippen LogP contribution in [0.4, 0.5) is 5.69 Å². The fourth-order valence-electron chi connectivity index (χ4n) is 1.73. The molecule has 0 saturated heterocycles. The fourth-order valence-corrected chi connectivity index (χ4v) is 1.73. The summed E-state index contributed by atoms with van der Waals surface area (Å²) in [5, 5.41) is 0. The molecule has 78 valence electrons. The highest BCUT2D eigenvalue weighted by Gasteiger charge is 2.07. The molecule has 0 aromatic carbocycles. The summed E-state index contributed by atoms with van der Waals surface area (Å²) >= 11 is 0. The molecule has 3 rings (SSSR count). The lowest BCUT2D eigenvalue weighted by molar-refractivity contribution is 1.13. The van der Waals surface area contributed by atoms with Gasteiger partial charge in [-0.2, -0.15) is 0 Å². The van der Waals surface area contributed by atoms with Gasteiger partial charge in [-0.25, -0.2) is 4.98 Å². The van der Waals surface area contributed by atoms with Crippen molar-refractivity contribution in [3.8, 4) is 11.5 Å². The molecule has 0 aliphatic rings. The minimum atomic E-state index is 0.720. The summed E-state index contributed by atoms with van der Waals surface area (Å²) in [6, 6.07) is 9.51. The maximum atomic E-state index is 5.87. The molecule has 4 nitrogen and oxygen atoms in total. The normalized spacial score (nSPS) is 10.8. The molecule has 0 atom stereocenters. The van der Waals surface area contributed by atoms with Crippen molar-refractivity contribution in [3.63, 3.8) is 0 Å². The van der Waals surface area contributed by atoms with E-state index < -0.39 is 0 Å². The predicted octanol–water partition coefficient (Wildman–Crippen LogP) is 1.98. The first kappa shape index (κ1) is 8.91. The summed E-state index contributed by atoms with van der Waals surface area (Å²) in [7, 11) is 0. The smallest absolute Gasteiger partial charge is 0.163 e. The van der Waals surface area contributed by atoms with Gasteiger partial charge in [0.15, 0.2) is 5.82 Å². The van der Waals surface area contributed by atoms with Gasteiger partial charge in [0.2, 0.25) is 0 Å². The average molecular weight is 210 g/mol. The average Bonchev–Trinajstić information content (AvgIpc) is 2.75. The molecule has 3 aromatic heterocycles. The Kier molecular flexibility index (Phi) is 1.86. The maximum Gasteiger partial charge on any atom is 0.163 e. The standard InChI is InChI=1S/C12H10N4/c13-9-4-3-7-16-11(9)8-15-12(16)10-5-1-2-6-14-10/h1-8H,13H2. The minimum absolute atomic E-state index is 0.720. The molecule has 0 saturated carbocycles. The number of rotatable bonds is 1. The SMILES string of the molecule is Nc1cccn2c(-c3ccccn3)ncc12. The number of hydrogen-bond donors (Lipinski definition) is 1. The second-order valence-electron chi connectivity index (χ2n) is 3.52. The van der Waals surface area contributed by atoms with Crippen LogP contribution < -0.4 is 5.73 Å². The molecular weight excluding hydrogens is 200 g/mol. The Morgan fingerprint density at radius 2 is 2.00 bits per heavy atom. The van der Waals surface area contributed by atoms with Crippen molar-refractivity contribution >= 4 is 11.2 Å². The molecule has 3 aromatic rings. The molecule has 0 unspecified atom stereocenters. The highest BCUT2D eigenvalue weighted by Crippen LogP contribution is 2.20. The number of hydrogen-bond acceptors (Lipinski definition) is 3. The first-order valence-electron chi connectivity index (χ1n) is 4.99. The first-order valence-corrected chi connectivity index (χ1v) is 4.99. The maximum absolute atomic E-state index is 5.87. The molecule has 0 radical (unpaired) electrons. The summed E-state index contributed by atoms with van der Waals surface area (Å²) in [6.07, 6.45) is 5.45. The zero-order chi connectivity index (χ0) is 11.0. The number of nitrogens with zero attached hydrogens (tertiary/aromatic N) is 3. The molecule has 2 N–H and O–H groups in total. The van der Waals surface area contributed by atoms with Crippen LogP contribution in [0.25, 0.3) is 17.0 Å². The van der Waals surface area contributed by atoms with Crippen LogP contribution >= 0.6 is 0 Å². The van der Waals surface area contributed by atoms with Gasteiger partial charge < -0.3 is 5.73 Å². The van der Waals surface area contributed by atoms with E-state index in [4.69, 9.17) is 5.73 Å². The second-order valence-corrected chi connectivity index (χ2v) is 3.52. The van der Waals surface area contributed by atoms with Gasteiger partial charge >= 0.3 is 0 Å². The van der Waals surface area contributed by atoms with E-state index in [1.807, 2.05) is 40.9 Å². The van der Waals surface area contributed by atoms with Gasteiger partial charge in [-0.15, -0.1) is 0 Å². The highest BCUT2D eigenvalue weighted by atomic mass is 15.0.